The smallest absolute Gasteiger partial charge is 0.120 e. The summed E-state index contributed by atoms with van der Waals surface area (Å²) in [5.41, 5.74) is 0.494. The van der Waals surface area contributed by atoms with E-state index < -0.39 is 0 Å². The van der Waals surface area contributed by atoms with Gasteiger partial charge in [0.2, 0.25) is 0 Å². The quantitative estimate of drug-likeness (QED) is 0.858. The molecule has 0 aliphatic heterocycles. The van der Waals surface area contributed by atoms with Crippen LogP contribution in [0.5, 0.6) is 5.75 Å². The van der Waals surface area contributed by atoms with Crippen LogP contribution in [0, 0.1) is 17.3 Å². The van der Waals surface area contributed by atoms with Crippen LogP contribution in [0.25, 0.3) is 0 Å². The van der Waals surface area contributed by atoms with Gasteiger partial charge < -0.3 is 10.1 Å². The Balaban J connectivity index is 1.53. The molecule has 0 radical (unpaired) electrons. The van der Waals surface area contributed by atoms with E-state index in [1.54, 1.807) is 0 Å². The molecule has 0 aromatic heterocycles. The molecule has 2 fully saturated rings. The summed E-state index contributed by atoms with van der Waals surface area (Å²) >= 11 is 3.48. The van der Waals surface area contributed by atoms with Crippen LogP contribution in [-0.4, -0.2) is 20.2 Å². The van der Waals surface area contributed by atoms with Crippen LogP contribution < -0.4 is 10.1 Å². The summed E-state index contributed by atoms with van der Waals surface area (Å²) in [6.07, 6.45) is 5.46. The minimum absolute atomic E-state index is 0.494. The molecular weight excluding hydrogens is 302 g/mol. The lowest BCUT2D eigenvalue weighted by Gasteiger charge is -2.30. The molecule has 2 saturated carbocycles. The standard InChI is InChI=1S/C16H22BrNO/c1-18-11-16(9-12-7-13(12)10-16)5-6-19-15-4-2-3-14(17)8-15/h2-4,8,12-13,18H,5-7,9-11H2,1H3. The summed E-state index contributed by atoms with van der Waals surface area (Å²) in [6, 6.07) is 8.12. The highest BCUT2D eigenvalue weighted by Gasteiger charge is 2.52. The Morgan fingerprint density at radius 3 is 2.84 bits per heavy atom. The predicted octanol–water partition coefficient (Wildman–Crippen LogP) is 3.85. The number of fused-ring (bicyclic) bond motifs is 1. The molecule has 1 aromatic carbocycles. The van der Waals surface area contributed by atoms with E-state index in [-0.39, 0.29) is 0 Å². The van der Waals surface area contributed by atoms with Crippen molar-refractivity contribution in [1.29, 1.82) is 0 Å². The van der Waals surface area contributed by atoms with Crippen LogP contribution in [0.2, 0.25) is 0 Å². The lowest BCUT2D eigenvalue weighted by molar-refractivity contribution is 0.180. The van der Waals surface area contributed by atoms with Crippen LogP contribution in [0.4, 0.5) is 0 Å². The van der Waals surface area contributed by atoms with Crippen molar-refractivity contribution in [2.75, 3.05) is 20.2 Å². The lowest BCUT2D eigenvalue weighted by Crippen LogP contribution is -2.33. The molecule has 2 unspecified atom stereocenters. The van der Waals surface area contributed by atoms with Crippen LogP contribution in [0.3, 0.4) is 0 Å². The van der Waals surface area contributed by atoms with E-state index in [1.807, 2.05) is 24.3 Å². The number of hydrogen-bond donors (Lipinski definition) is 1. The van der Waals surface area contributed by atoms with Gasteiger partial charge in [0.25, 0.3) is 0 Å². The van der Waals surface area contributed by atoms with Gasteiger partial charge in [-0.3, -0.25) is 0 Å². The van der Waals surface area contributed by atoms with E-state index in [0.717, 1.165) is 35.2 Å². The summed E-state index contributed by atoms with van der Waals surface area (Å²) in [4.78, 5) is 0. The maximum atomic E-state index is 5.91. The number of ether oxygens (including phenoxy) is 1. The van der Waals surface area contributed by atoms with Crippen LogP contribution in [0.15, 0.2) is 28.7 Å². The van der Waals surface area contributed by atoms with Crippen molar-refractivity contribution in [3.8, 4) is 5.75 Å². The van der Waals surface area contributed by atoms with Gasteiger partial charge in [0, 0.05) is 11.0 Å². The SMILES string of the molecule is CNCC1(CCOc2cccc(Br)c2)CC2CC2C1. The molecule has 2 aliphatic carbocycles. The van der Waals surface area contributed by atoms with Gasteiger partial charge in [-0.1, -0.05) is 22.0 Å². The molecule has 0 amide bonds. The Labute approximate surface area is 124 Å². The molecule has 2 atom stereocenters. The van der Waals surface area contributed by atoms with Gasteiger partial charge in [-0.05, 0) is 68.2 Å². The Bertz CT molecular complexity index is 438. The number of nitrogens with one attached hydrogen (secondary N) is 1. The largest absolute Gasteiger partial charge is 0.494 e. The topological polar surface area (TPSA) is 21.3 Å². The average molecular weight is 324 g/mol. The summed E-state index contributed by atoms with van der Waals surface area (Å²) in [5, 5.41) is 3.39. The first-order valence-electron chi connectivity index (χ1n) is 7.24. The second kappa shape index (κ2) is 5.45. The Morgan fingerprint density at radius 1 is 1.37 bits per heavy atom. The molecule has 2 nitrogen and oxygen atoms in total. The first-order chi connectivity index (χ1) is 9.21. The number of rotatable bonds is 6. The van der Waals surface area contributed by atoms with Crippen molar-refractivity contribution >= 4 is 15.9 Å². The molecule has 2 aliphatic rings. The Morgan fingerprint density at radius 2 is 2.16 bits per heavy atom. The highest BCUT2D eigenvalue weighted by molar-refractivity contribution is 9.10. The molecule has 3 rings (SSSR count). The van der Waals surface area contributed by atoms with Crippen LogP contribution in [0.1, 0.15) is 25.7 Å². The van der Waals surface area contributed by atoms with E-state index in [2.05, 4.69) is 28.3 Å². The maximum absolute atomic E-state index is 5.91. The summed E-state index contributed by atoms with van der Waals surface area (Å²) in [5.74, 6) is 3.02. The van der Waals surface area contributed by atoms with Crippen molar-refractivity contribution in [2.45, 2.75) is 25.7 Å². The van der Waals surface area contributed by atoms with E-state index in [9.17, 15) is 0 Å². The van der Waals surface area contributed by atoms with Crippen LogP contribution >= 0.6 is 15.9 Å². The Kier molecular flexibility index (Phi) is 3.86. The first kappa shape index (κ1) is 13.4. The third kappa shape index (κ3) is 3.14. The van der Waals surface area contributed by atoms with Gasteiger partial charge in [0.05, 0.1) is 6.61 Å². The van der Waals surface area contributed by atoms with E-state index in [0.29, 0.717) is 5.41 Å². The highest BCUT2D eigenvalue weighted by Crippen LogP contribution is 2.60. The molecular formula is C16H22BrNO. The van der Waals surface area contributed by atoms with Gasteiger partial charge in [-0.2, -0.15) is 0 Å². The van der Waals surface area contributed by atoms with Gasteiger partial charge in [0.1, 0.15) is 5.75 Å². The van der Waals surface area contributed by atoms with Crippen molar-refractivity contribution < 1.29 is 4.74 Å². The fourth-order valence-corrected chi connectivity index (χ4v) is 4.14. The maximum Gasteiger partial charge on any atom is 0.120 e. The molecule has 19 heavy (non-hydrogen) atoms. The minimum Gasteiger partial charge on any atom is -0.494 e. The number of hydrogen-bond acceptors (Lipinski definition) is 2. The zero-order valence-corrected chi connectivity index (χ0v) is 13.1. The fraction of sp³-hybridized carbons (Fsp3) is 0.625. The molecule has 0 bridgehead atoms. The molecule has 0 heterocycles. The molecule has 3 heteroatoms. The molecule has 1 N–H and O–H groups in total. The molecule has 1 aromatic rings. The number of benzene rings is 1. The van der Waals surface area contributed by atoms with Crippen molar-refractivity contribution in [3.63, 3.8) is 0 Å². The first-order valence-corrected chi connectivity index (χ1v) is 8.03. The highest BCUT2D eigenvalue weighted by atomic mass is 79.9. The molecule has 104 valence electrons. The number of halogens is 1. The predicted molar refractivity (Wildman–Crippen MR) is 81.4 cm³/mol. The van der Waals surface area contributed by atoms with E-state index in [4.69, 9.17) is 4.74 Å². The van der Waals surface area contributed by atoms with Gasteiger partial charge >= 0.3 is 0 Å². The van der Waals surface area contributed by atoms with E-state index in [1.165, 1.54) is 25.7 Å². The van der Waals surface area contributed by atoms with Gasteiger partial charge in [-0.15, -0.1) is 0 Å². The zero-order chi connectivity index (χ0) is 13.3. The van der Waals surface area contributed by atoms with Gasteiger partial charge in [-0.25, -0.2) is 0 Å². The minimum atomic E-state index is 0.494. The monoisotopic (exact) mass is 323 g/mol. The molecule has 0 spiro atoms. The van der Waals surface area contributed by atoms with Crippen molar-refractivity contribution in [1.82, 2.24) is 5.32 Å². The average Bonchev–Trinajstić information content (AvgIpc) is 2.98. The van der Waals surface area contributed by atoms with Crippen molar-refractivity contribution in [3.05, 3.63) is 28.7 Å². The second-order valence-electron chi connectivity index (χ2n) is 6.25. The summed E-state index contributed by atoms with van der Waals surface area (Å²) in [6.45, 7) is 1.97. The van der Waals surface area contributed by atoms with E-state index >= 15 is 0 Å². The zero-order valence-electron chi connectivity index (χ0n) is 11.5. The molecule has 0 saturated heterocycles. The third-order valence-electron chi connectivity index (χ3n) is 4.71. The Hall–Kier alpha value is -0.540. The summed E-state index contributed by atoms with van der Waals surface area (Å²) in [7, 11) is 2.07. The van der Waals surface area contributed by atoms with Gasteiger partial charge in [0.15, 0.2) is 0 Å². The normalized spacial score (nSPS) is 32.1. The van der Waals surface area contributed by atoms with Crippen LogP contribution in [-0.2, 0) is 0 Å². The summed E-state index contributed by atoms with van der Waals surface area (Å²) < 4.78 is 6.99. The second-order valence-corrected chi connectivity index (χ2v) is 7.17. The lowest BCUT2D eigenvalue weighted by atomic mass is 9.80. The fourth-order valence-electron chi connectivity index (χ4n) is 3.76. The third-order valence-corrected chi connectivity index (χ3v) is 5.20. The van der Waals surface area contributed by atoms with Crippen molar-refractivity contribution in [2.24, 2.45) is 17.3 Å².